The summed E-state index contributed by atoms with van der Waals surface area (Å²) in [6.07, 6.45) is 3.48. The van der Waals surface area contributed by atoms with Gasteiger partial charge in [0.05, 0.1) is 5.88 Å². The standard InChI is InChI=1S/C12H15ClOS/c1-3-11-9(7-10(14)8-13)5-4-6-12(11)15-2/h4-6H,3,7-8H2,1-2H3. The van der Waals surface area contributed by atoms with Gasteiger partial charge in [-0.25, -0.2) is 0 Å². The Morgan fingerprint density at radius 1 is 1.47 bits per heavy atom. The van der Waals surface area contributed by atoms with Crippen LogP contribution in [-0.4, -0.2) is 17.9 Å². The summed E-state index contributed by atoms with van der Waals surface area (Å²) < 4.78 is 0. The molecular weight excluding hydrogens is 228 g/mol. The zero-order chi connectivity index (χ0) is 11.3. The first kappa shape index (κ1) is 12.6. The molecule has 0 amide bonds. The SMILES string of the molecule is CCc1c(CC(=O)CCl)cccc1SC. The van der Waals surface area contributed by atoms with Gasteiger partial charge in [0.25, 0.3) is 0 Å². The normalized spacial score (nSPS) is 10.3. The van der Waals surface area contributed by atoms with Crippen molar-refractivity contribution >= 4 is 29.1 Å². The second kappa shape index (κ2) is 6.19. The van der Waals surface area contributed by atoms with Gasteiger partial charge in [0, 0.05) is 11.3 Å². The molecule has 0 spiro atoms. The van der Waals surface area contributed by atoms with E-state index in [9.17, 15) is 4.79 Å². The van der Waals surface area contributed by atoms with E-state index in [1.54, 1.807) is 11.8 Å². The van der Waals surface area contributed by atoms with Gasteiger partial charge in [0.2, 0.25) is 0 Å². The molecule has 0 heterocycles. The van der Waals surface area contributed by atoms with Crippen LogP contribution in [0.15, 0.2) is 23.1 Å². The maximum atomic E-state index is 11.3. The first-order valence-corrected chi connectivity index (χ1v) is 6.71. The van der Waals surface area contributed by atoms with Crippen molar-refractivity contribution in [1.29, 1.82) is 0 Å². The smallest absolute Gasteiger partial charge is 0.151 e. The van der Waals surface area contributed by atoms with E-state index in [0.29, 0.717) is 6.42 Å². The molecule has 0 fully saturated rings. The lowest BCUT2D eigenvalue weighted by atomic mass is 10.0. The molecule has 0 aromatic heterocycles. The number of Topliss-reactive ketones (excluding diaryl/α,β-unsaturated/α-hetero) is 1. The van der Waals surface area contributed by atoms with Gasteiger partial charge in [-0.05, 0) is 29.9 Å². The van der Waals surface area contributed by atoms with E-state index in [1.807, 2.05) is 12.1 Å². The van der Waals surface area contributed by atoms with Crippen molar-refractivity contribution in [1.82, 2.24) is 0 Å². The number of thioether (sulfide) groups is 1. The fourth-order valence-corrected chi connectivity index (χ4v) is 2.46. The average Bonchev–Trinajstić information content (AvgIpc) is 2.28. The molecule has 0 saturated carbocycles. The molecule has 0 aliphatic rings. The number of hydrogen-bond donors (Lipinski definition) is 0. The topological polar surface area (TPSA) is 17.1 Å². The van der Waals surface area contributed by atoms with Gasteiger partial charge in [-0.3, -0.25) is 4.79 Å². The lowest BCUT2D eigenvalue weighted by molar-refractivity contribution is -0.116. The molecule has 0 atom stereocenters. The number of halogens is 1. The second-order valence-electron chi connectivity index (χ2n) is 3.30. The number of hydrogen-bond acceptors (Lipinski definition) is 2. The number of carbonyl (C=O) groups is 1. The highest BCUT2D eigenvalue weighted by molar-refractivity contribution is 7.98. The summed E-state index contributed by atoms with van der Waals surface area (Å²) in [5, 5.41) is 0. The van der Waals surface area contributed by atoms with Gasteiger partial charge in [-0.1, -0.05) is 19.1 Å². The minimum Gasteiger partial charge on any atom is -0.298 e. The summed E-state index contributed by atoms with van der Waals surface area (Å²) in [7, 11) is 0. The molecule has 0 saturated heterocycles. The zero-order valence-electron chi connectivity index (χ0n) is 9.05. The van der Waals surface area contributed by atoms with Crippen LogP contribution in [0.4, 0.5) is 0 Å². The first-order valence-electron chi connectivity index (χ1n) is 4.95. The highest BCUT2D eigenvalue weighted by atomic mass is 35.5. The van der Waals surface area contributed by atoms with E-state index in [-0.39, 0.29) is 11.7 Å². The van der Waals surface area contributed by atoms with Crippen LogP contribution in [0.25, 0.3) is 0 Å². The second-order valence-corrected chi connectivity index (χ2v) is 4.42. The van der Waals surface area contributed by atoms with E-state index >= 15 is 0 Å². The molecule has 1 rings (SSSR count). The molecule has 0 bridgehead atoms. The summed E-state index contributed by atoms with van der Waals surface area (Å²) in [5.74, 6) is 0.191. The maximum Gasteiger partial charge on any atom is 0.151 e. The lowest BCUT2D eigenvalue weighted by Gasteiger charge is -2.10. The predicted octanol–water partition coefficient (Wildman–Crippen LogP) is 3.32. The van der Waals surface area contributed by atoms with E-state index in [2.05, 4.69) is 19.2 Å². The van der Waals surface area contributed by atoms with Crippen LogP contribution in [-0.2, 0) is 17.6 Å². The Bertz CT molecular complexity index is 349. The Kier molecular flexibility index (Phi) is 5.20. The van der Waals surface area contributed by atoms with E-state index in [4.69, 9.17) is 11.6 Å². The lowest BCUT2D eigenvalue weighted by Crippen LogP contribution is -2.06. The third-order valence-electron chi connectivity index (χ3n) is 2.34. The Morgan fingerprint density at radius 3 is 2.73 bits per heavy atom. The molecule has 0 unspecified atom stereocenters. The summed E-state index contributed by atoms with van der Waals surface area (Å²) in [6, 6.07) is 6.11. The van der Waals surface area contributed by atoms with Crippen LogP contribution in [0, 0.1) is 0 Å². The summed E-state index contributed by atoms with van der Waals surface area (Å²) >= 11 is 7.24. The monoisotopic (exact) mass is 242 g/mol. The molecule has 1 aromatic rings. The Hall–Kier alpha value is -0.470. The highest BCUT2D eigenvalue weighted by Gasteiger charge is 2.09. The van der Waals surface area contributed by atoms with Gasteiger partial charge >= 0.3 is 0 Å². The Labute approximate surface area is 100 Å². The molecule has 0 radical (unpaired) electrons. The quantitative estimate of drug-likeness (QED) is 0.582. The van der Waals surface area contributed by atoms with Crippen molar-refractivity contribution in [3.8, 4) is 0 Å². The summed E-state index contributed by atoms with van der Waals surface area (Å²) in [4.78, 5) is 12.6. The van der Waals surface area contributed by atoms with Crippen LogP contribution >= 0.6 is 23.4 Å². The van der Waals surface area contributed by atoms with Crippen molar-refractivity contribution in [3.63, 3.8) is 0 Å². The molecular formula is C12H15ClOS. The molecule has 82 valence electrons. The fourth-order valence-electron chi connectivity index (χ4n) is 1.63. The van der Waals surface area contributed by atoms with Crippen molar-refractivity contribution in [2.75, 3.05) is 12.1 Å². The van der Waals surface area contributed by atoms with Crippen LogP contribution in [0.2, 0.25) is 0 Å². The fraction of sp³-hybridized carbons (Fsp3) is 0.417. The number of alkyl halides is 1. The summed E-state index contributed by atoms with van der Waals surface area (Å²) in [5.41, 5.74) is 2.40. The van der Waals surface area contributed by atoms with Crippen LogP contribution in [0.1, 0.15) is 18.1 Å². The van der Waals surface area contributed by atoms with Crippen molar-refractivity contribution in [2.45, 2.75) is 24.7 Å². The van der Waals surface area contributed by atoms with Crippen molar-refractivity contribution in [2.24, 2.45) is 0 Å². The highest BCUT2D eigenvalue weighted by Crippen LogP contribution is 2.24. The third kappa shape index (κ3) is 3.25. The molecule has 0 aliphatic carbocycles. The van der Waals surface area contributed by atoms with Gasteiger partial charge < -0.3 is 0 Å². The zero-order valence-corrected chi connectivity index (χ0v) is 10.6. The molecule has 0 N–H and O–H groups in total. The van der Waals surface area contributed by atoms with Gasteiger partial charge in [0.15, 0.2) is 5.78 Å². The van der Waals surface area contributed by atoms with E-state index in [1.165, 1.54) is 10.5 Å². The average molecular weight is 243 g/mol. The molecule has 1 nitrogen and oxygen atoms in total. The molecule has 0 aliphatic heterocycles. The minimum atomic E-state index is 0.0876. The number of carbonyl (C=O) groups excluding carboxylic acids is 1. The van der Waals surface area contributed by atoms with E-state index < -0.39 is 0 Å². The number of ketones is 1. The van der Waals surface area contributed by atoms with E-state index in [0.717, 1.165) is 12.0 Å². The summed E-state index contributed by atoms with van der Waals surface area (Å²) in [6.45, 7) is 2.11. The number of benzene rings is 1. The molecule has 3 heteroatoms. The number of rotatable bonds is 5. The largest absolute Gasteiger partial charge is 0.298 e. The third-order valence-corrected chi connectivity index (χ3v) is 3.46. The first-order chi connectivity index (χ1) is 7.22. The van der Waals surface area contributed by atoms with Crippen molar-refractivity contribution in [3.05, 3.63) is 29.3 Å². The minimum absolute atomic E-state index is 0.0876. The van der Waals surface area contributed by atoms with Gasteiger partial charge in [-0.2, -0.15) is 0 Å². The Balaban J connectivity index is 3.00. The van der Waals surface area contributed by atoms with Gasteiger partial charge in [-0.15, -0.1) is 23.4 Å². The van der Waals surface area contributed by atoms with Crippen LogP contribution in [0.5, 0.6) is 0 Å². The van der Waals surface area contributed by atoms with Crippen molar-refractivity contribution < 1.29 is 4.79 Å². The Morgan fingerprint density at radius 2 is 2.20 bits per heavy atom. The molecule has 1 aromatic carbocycles. The maximum absolute atomic E-state index is 11.3. The molecule has 15 heavy (non-hydrogen) atoms. The van der Waals surface area contributed by atoms with Crippen LogP contribution < -0.4 is 0 Å². The predicted molar refractivity (Wildman–Crippen MR) is 67.0 cm³/mol. The van der Waals surface area contributed by atoms with Gasteiger partial charge in [0.1, 0.15) is 0 Å². The van der Waals surface area contributed by atoms with Crippen LogP contribution in [0.3, 0.4) is 0 Å².